The monoisotopic (exact) mass is 419 g/mol. The molecule has 0 aliphatic carbocycles. The summed E-state index contributed by atoms with van der Waals surface area (Å²) in [4.78, 5) is 3.35. The lowest BCUT2D eigenvalue weighted by molar-refractivity contribution is 0.192. The van der Waals surface area contributed by atoms with Crippen molar-refractivity contribution in [3.05, 3.63) is 35.7 Å². The van der Waals surface area contributed by atoms with Crippen LogP contribution in [0, 0.1) is 6.57 Å². The van der Waals surface area contributed by atoms with Gasteiger partial charge in [-0.25, -0.2) is 6.57 Å². The Hall–Kier alpha value is -1.07. The average Bonchev–Trinajstić information content (AvgIpc) is 2.76. The maximum Gasteiger partial charge on any atom is 0.214 e. The summed E-state index contributed by atoms with van der Waals surface area (Å²) in [6.07, 6.45) is 32.7. The van der Waals surface area contributed by atoms with Crippen LogP contribution in [-0.4, -0.2) is 20.3 Å². The largest absolute Gasteiger partial charge is 0.385 e. The van der Waals surface area contributed by atoms with Crippen LogP contribution in [-0.2, 0) is 4.74 Å². The van der Waals surface area contributed by atoms with Crippen molar-refractivity contribution >= 4 is 0 Å². The van der Waals surface area contributed by atoms with E-state index in [1.807, 2.05) is 0 Å². The minimum atomic E-state index is 0.724. The lowest BCUT2D eigenvalue weighted by Crippen LogP contribution is -1.88. The van der Waals surface area contributed by atoms with Gasteiger partial charge in [0.05, 0.1) is 0 Å². The molecular formula is C28H53NO. The first-order valence-electron chi connectivity index (χ1n) is 13.0. The van der Waals surface area contributed by atoms with Gasteiger partial charge >= 0.3 is 0 Å². The zero-order valence-corrected chi connectivity index (χ0v) is 20.8. The summed E-state index contributed by atoms with van der Waals surface area (Å²) in [5.41, 5.74) is 0. The summed E-state index contributed by atoms with van der Waals surface area (Å²) in [7, 11) is 1.78. The summed E-state index contributed by atoms with van der Waals surface area (Å²) < 4.78 is 5.02. The topological polar surface area (TPSA) is 13.6 Å². The third kappa shape index (κ3) is 34.4. The van der Waals surface area contributed by atoms with Gasteiger partial charge in [0.2, 0.25) is 6.54 Å². The predicted octanol–water partition coefficient (Wildman–Crippen LogP) is 9.71. The van der Waals surface area contributed by atoms with E-state index in [2.05, 4.69) is 43.0 Å². The maximum absolute atomic E-state index is 6.65. The molecule has 0 aliphatic rings. The second-order valence-corrected chi connectivity index (χ2v) is 8.16. The molecule has 0 spiro atoms. The highest BCUT2D eigenvalue weighted by molar-refractivity contribution is 4.80. The molecule has 0 rings (SSSR count). The molecule has 2 heteroatoms. The fourth-order valence-electron chi connectivity index (χ4n) is 3.30. The van der Waals surface area contributed by atoms with Crippen molar-refractivity contribution in [2.24, 2.45) is 0 Å². The third-order valence-corrected chi connectivity index (χ3v) is 5.16. The first-order valence-corrected chi connectivity index (χ1v) is 13.0. The molecule has 0 heterocycles. The SMILES string of the molecule is CC/C=C\CCCCCCCCCOC.[C-]#[N+]CCCCCCCCC/C=C\CC. The molecule has 0 saturated heterocycles. The second kappa shape index (κ2) is 32.6. The van der Waals surface area contributed by atoms with E-state index in [0.29, 0.717) is 0 Å². The molecule has 0 fully saturated rings. The number of hydrogen-bond donors (Lipinski definition) is 0. The Morgan fingerprint density at radius 2 is 0.967 bits per heavy atom. The fraction of sp³-hybridized carbons (Fsp3) is 0.821. The van der Waals surface area contributed by atoms with Gasteiger partial charge in [-0.15, -0.1) is 0 Å². The molecule has 0 aromatic rings. The normalized spacial score (nSPS) is 11.0. The minimum absolute atomic E-state index is 0.724. The summed E-state index contributed by atoms with van der Waals surface area (Å²) >= 11 is 0. The van der Waals surface area contributed by atoms with Crippen molar-refractivity contribution in [2.75, 3.05) is 20.3 Å². The minimum Gasteiger partial charge on any atom is -0.385 e. The Bertz CT molecular complexity index is 381. The Morgan fingerprint density at radius 3 is 1.37 bits per heavy atom. The zero-order valence-electron chi connectivity index (χ0n) is 20.8. The highest BCUT2D eigenvalue weighted by Crippen LogP contribution is 2.10. The van der Waals surface area contributed by atoms with E-state index < -0.39 is 0 Å². The first-order chi connectivity index (χ1) is 14.8. The van der Waals surface area contributed by atoms with Crippen molar-refractivity contribution in [3.8, 4) is 0 Å². The first kappa shape index (κ1) is 31.1. The summed E-state index contributed by atoms with van der Waals surface area (Å²) in [5.74, 6) is 0. The van der Waals surface area contributed by atoms with Crippen LogP contribution in [0.15, 0.2) is 24.3 Å². The molecule has 0 aliphatic heterocycles. The Balaban J connectivity index is 0. The molecule has 0 N–H and O–H groups in total. The molecule has 30 heavy (non-hydrogen) atoms. The maximum atomic E-state index is 6.65. The van der Waals surface area contributed by atoms with Crippen LogP contribution in [0.1, 0.15) is 129 Å². The van der Waals surface area contributed by atoms with E-state index in [4.69, 9.17) is 11.3 Å². The van der Waals surface area contributed by atoms with Crippen molar-refractivity contribution in [3.63, 3.8) is 0 Å². The van der Waals surface area contributed by atoms with Gasteiger partial charge in [0.15, 0.2) is 0 Å². The van der Waals surface area contributed by atoms with Gasteiger partial charge < -0.3 is 9.58 Å². The smallest absolute Gasteiger partial charge is 0.214 e. The number of unbranched alkanes of at least 4 members (excludes halogenated alkanes) is 14. The van der Waals surface area contributed by atoms with Crippen molar-refractivity contribution in [1.82, 2.24) is 0 Å². The standard InChI is InChI=1S/C14H25N.C14H28O/c2*1-3-4-5-6-7-8-9-10-11-12-13-14-15-2/h4-5H,3,6-14H2,1H3;4-5H,3,6-14H2,1-2H3/b2*5-4-. The molecule has 0 aromatic carbocycles. The van der Waals surface area contributed by atoms with Gasteiger partial charge in [0, 0.05) is 20.1 Å². The molecule has 2 nitrogen and oxygen atoms in total. The summed E-state index contributed by atoms with van der Waals surface area (Å²) in [6, 6.07) is 0. The van der Waals surface area contributed by atoms with E-state index in [1.165, 1.54) is 109 Å². The molecular weight excluding hydrogens is 366 g/mol. The zero-order chi connectivity index (χ0) is 22.4. The molecule has 0 atom stereocenters. The third-order valence-electron chi connectivity index (χ3n) is 5.16. The van der Waals surface area contributed by atoms with Crippen LogP contribution in [0.5, 0.6) is 0 Å². The Morgan fingerprint density at radius 1 is 0.567 bits per heavy atom. The van der Waals surface area contributed by atoms with Crippen LogP contribution in [0.25, 0.3) is 4.85 Å². The lowest BCUT2D eigenvalue weighted by Gasteiger charge is -2.00. The van der Waals surface area contributed by atoms with E-state index >= 15 is 0 Å². The molecule has 0 unspecified atom stereocenters. The van der Waals surface area contributed by atoms with Gasteiger partial charge in [0.1, 0.15) is 0 Å². The highest BCUT2D eigenvalue weighted by Gasteiger charge is 1.92. The molecule has 0 bridgehead atoms. The van der Waals surface area contributed by atoms with Crippen molar-refractivity contribution in [2.45, 2.75) is 129 Å². The molecule has 176 valence electrons. The van der Waals surface area contributed by atoms with Crippen LogP contribution in [0.4, 0.5) is 0 Å². The van der Waals surface area contributed by atoms with E-state index in [0.717, 1.165) is 19.6 Å². The number of methoxy groups -OCH3 is 1. The number of allylic oxidation sites excluding steroid dienone is 4. The predicted molar refractivity (Wildman–Crippen MR) is 136 cm³/mol. The van der Waals surface area contributed by atoms with Gasteiger partial charge in [-0.3, -0.25) is 0 Å². The van der Waals surface area contributed by atoms with Crippen LogP contribution in [0.2, 0.25) is 0 Å². The number of nitrogens with zero attached hydrogens (tertiary/aromatic N) is 1. The number of hydrogen-bond acceptors (Lipinski definition) is 1. The highest BCUT2D eigenvalue weighted by atomic mass is 16.5. The lowest BCUT2D eigenvalue weighted by atomic mass is 10.1. The quantitative estimate of drug-likeness (QED) is 0.102. The summed E-state index contributed by atoms with van der Waals surface area (Å²) in [6.45, 7) is 12.7. The Labute approximate surface area is 190 Å². The molecule has 0 radical (unpaired) electrons. The second-order valence-electron chi connectivity index (χ2n) is 8.16. The van der Waals surface area contributed by atoms with Gasteiger partial charge in [-0.1, -0.05) is 95.9 Å². The van der Waals surface area contributed by atoms with Crippen LogP contribution in [0.3, 0.4) is 0 Å². The van der Waals surface area contributed by atoms with Crippen LogP contribution >= 0.6 is 0 Å². The van der Waals surface area contributed by atoms with Crippen molar-refractivity contribution in [1.29, 1.82) is 0 Å². The van der Waals surface area contributed by atoms with Crippen molar-refractivity contribution < 1.29 is 4.74 Å². The molecule has 0 saturated carbocycles. The Kier molecular flexibility index (Phi) is 33.8. The van der Waals surface area contributed by atoms with E-state index in [-0.39, 0.29) is 0 Å². The van der Waals surface area contributed by atoms with Gasteiger partial charge in [-0.05, 0) is 51.4 Å². The fourth-order valence-corrected chi connectivity index (χ4v) is 3.30. The van der Waals surface area contributed by atoms with Gasteiger partial charge in [0.25, 0.3) is 0 Å². The molecule has 0 amide bonds. The van der Waals surface area contributed by atoms with Crippen LogP contribution < -0.4 is 0 Å². The molecule has 0 aromatic heterocycles. The number of ether oxygens (including phenoxy) is 1. The number of rotatable bonds is 21. The average molecular weight is 420 g/mol. The van der Waals surface area contributed by atoms with E-state index in [1.54, 1.807) is 7.11 Å². The summed E-state index contributed by atoms with van der Waals surface area (Å²) in [5, 5.41) is 0. The van der Waals surface area contributed by atoms with E-state index in [9.17, 15) is 0 Å². The van der Waals surface area contributed by atoms with Gasteiger partial charge in [-0.2, -0.15) is 0 Å².